The molecule has 0 radical (unpaired) electrons. The Hall–Kier alpha value is -1.87. The van der Waals surface area contributed by atoms with Gasteiger partial charge in [0.1, 0.15) is 0 Å². The molecule has 2 bridgehead atoms. The zero-order valence-electron chi connectivity index (χ0n) is 18.5. The standard InChI is InChI=1S/C23H31N5O2S2/c1-14(18-11-15-6-7-16(18)10-15)28-22(19-5-3-9-31-19)25-26-23(28)32-13-20(29)27-8-2-4-17(12-27)21(24)30/h3,5,9,14-18H,2,4,6-8,10-13H2,1H3,(H2,24,30). The van der Waals surface area contributed by atoms with E-state index < -0.39 is 0 Å². The first kappa shape index (κ1) is 21.9. The zero-order chi connectivity index (χ0) is 22.2. The number of piperidine rings is 1. The molecule has 2 saturated carbocycles. The predicted octanol–water partition coefficient (Wildman–Crippen LogP) is 3.82. The molecule has 9 heteroatoms. The number of aromatic nitrogens is 3. The average molecular weight is 474 g/mol. The highest BCUT2D eigenvalue weighted by molar-refractivity contribution is 7.99. The molecule has 2 amide bonds. The molecule has 0 aromatic carbocycles. The number of nitrogens with two attached hydrogens (primary N) is 1. The van der Waals surface area contributed by atoms with Gasteiger partial charge in [0.05, 0.1) is 16.5 Å². The molecule has 3 aliphatic rings. The van der Waals surface area contributed by atoms with E-state index in [9.17, 15) is 9.59 Å². The number of carbonyl (C=O) groups excluding carboxylic acids is 2. The fourth-order valence-electron chi connectivity index (χ4n) is 6.05. The molecule has 5 atom stereocenters. The van der Waals surface area contributed by atoms with Gasteiger partial charge in [-0.15, -0.1) is 21.5 Å². The van der Waals surface area contributed by atoms with Gasteiger partial charge >= 0.3 is 0 Å². The summed E-state index contributed by atoms with van der Waals surface area (Å²) in [6.45, 7) is 3.43. The SMILES string of the molecule is CC(C1CC2CCC1C2)n1c(SCC(=O)N2CCCC(C(N)=O)C2)nnc1-c1cccs1. The molecule has 3 fully saturated rings. The molecule has 5 rings (SSSR count). The number of primary amides is 1. The van der Waals surface area contributed by atoms with Gasteiger partial charge < -0.3 is 10.6 Å². The number of thioether (sulfide) groups is 1. The maximum atomic E-state index is 12.9. The normalized spacial score (nSPS) is 28.2. The Balaban J connectivity index is 1.33. The topological polar surface area (TPSA) is 94.1 Å². The number of thiophene rings is 1. The maximum Gasteiger partial charge on any atom is 0.233 e. The summed E-state index contributed by atoms with van der Waals surface area (Å²) in [6, 6.07) is 4.45. The van der Waals surface area contributed by atoms with Crippen LogP contribution in [0.15, 0.2) is 22.7 Å². The van der Waals surface area contributed by atoms with Crippen molar-refractivity contribution >= 4 is 34.9 Å². The molecule has 7 nitrogen and oxygen atoms in total. The number of hydrogen-bond donors (Lipinski definition) is 1. The van der Waals surface area contributed by atoms with Crippen molar-refractivity contribution < 1.29 is 9.59 Å². The highest BCUT2D eigenvalue weighted by Gasteiger charge is 2.43. The lowest BCUT2D eigenvalue weighted by molar-refractivity contribution is -0.132. The van der Waals surface area contributed by atoms with E-state index in [1.54, 1.807) is 16.2 Å². The Kier molecular flexibility index (Phi) is 6.29. The molecular formula is C23H31N5O2S2. The highest BCUT2D eigenvalue weighted by atomic mass is 32.2. The van der Waals surface area contributed by atoms with Crippen molar-refractivity contribution in [2.75, 3.05) is 18.8 Å². The van der Waals surface area contributed by atoms with Crippen molar-refractivity contribution in [3.8, 4) is 10.7 Å². The maximum absolute atomic E-state index is 12.9. The van der Waals surface area contributed by atoms with Crippen molar-refractivity contribution in [2.45, 2.75) is 56.6 Å². The van der Waals surface area contributed by atoms with Gasteiger partial charge in [0.15, 0.2) is 11.0 Å². The summed E-state index contributed by atoms with van der Waals surface area (Å²) in [4.78, 5) is 27.4. The number of rotatable bonds is 7. The third kappa shape index (κ3) is 4.21. The first-order valence-corrected chi connectivity index (χ1v) is 13.6. The van der Waals surface area contributed by atoms with E-state index in [-0.39, 0.29) is 17.7 Å². The minimum absolute atomic E-state index is 0.0424. The minimum atomic E-state index is -0.310. The van der Waals surface area contributed by atoms with Crippen molar-refractivity contribution in [3.05, 3.63) is 17.5 Å². The third-order valence-electron chi connectivity index (χ3n) is 7.73. The number of fused-ring (bicyclic) bond motifs is 2. The molecule has 0 spiro atoms. The molecule has 32 heavy (non-hydrogen) atoms. The molecule has 172 valence electrons. The van der Waals surface area contributed by atoms with Crippen LogP contribution < -0.4 is 5.73 Å². The van der Waals surface area contributed by atoms with Crippen LogP contribution in [0.2, 0.25) is 0 Å². The van der Waals surface area contributed by atoms with Crippen LogP contribution in [0.3, 0.4) is 0 Å². The van der Waals surface area contributed by atoms with Gasteiger partial charge in [0, 0.05) is 19.1 Å². The second-order valence-electron chi connectivity index (χ2n) is 9.60. The summed E-state index contributed by atoms with van der Waals surface area (Å²) in [5, 5.41) is 12.0. The van der Waals surface area contributed by atoms with E-state index in [1.807, 2.05) is 6.07 Å². The Morgan fingerprint density at radius 1 is 1.28 bits per heavy atom. The van der Waals surface area contributed by atoms with Gasteiger partial charge in [-0.05, 0) is 68.2 Å². The van der Waals surface area contributed by atoms with Gasteiger partial charge in [0.25, 0.3) is 0 Å². The van der Waals surface area contributed by atoms with Crippen LogP contribution in [-0.4, -0.2) is 50.3 Å². The van der Waals surface area contributed by atoms with Gasteiger partial charge in [-0.1, -0.05) is 24.2 Å². The molecule has 1 aliphatic heterocycles. The summed E-state index contributed by atoms with van der Waals surface area (Å²) in [6.07, 6.45) is 6.97. The molecule has 2 aromatic rings. The summed E-state index contributed by atoms with van der Waals surface area (Å²) >= 11 is 3.15. The highest BCUT2D eigenvalue weighted by Crippen LogP contribution is 2.53. The number of amides is 2. The Morgan fingerprint density at radius 2 is 2.16 bits per heavy atom. The molecule has 2 aliphatic carbocycles. The molecule has 1 saturated heterocycles. The van der Waals surface area contributed by atoms with Crippen LogP contribution in [-0.2, 0) is 9.59 Å². The van der Waals surface area contributed by atoms with Gasteiger partial charge in [0.2, 0.25) is 11.8 Å². The van der Waals surface area contributed by atoms with E-state index in [0.29, 0.717) is 30.8 Å². The summed E-state index contributed by atoms with van der Waals surface area (Å²) in [5.74, 6) is 3.04. The van der Waals surface area contributed by atoms with Gasteiger partial charge in [-0.25, -0.2) is 0 Å². The number of nitrogens with zero attached hydrogens (tertiary/aromatic N) is 4. The average Bonchev–Trinajstić information content (AvgIpc) is 3.60. The first-order chi connectivity index (χ1) is 15.5. The van der Waals surface area contributed by atoms with Crippen LogP contribution in [0.25, 0.3) is 10.7 Å². The van der Waals surface area contributed by atoms with E-state index in [2.05, 4.69) is 33.1 Å². The van der Waals surface area contributed by atoms with Crippen molar-refractivity contribution in [1.29, 1.82) is 0 Å². The van der Waals surface area contributed by atoms with Gasteiger partial charge in [-0.3, -0.25) is 14.2 Å². The smallest absolute Gasteiger partial charge is 0.233 e. The van der Waals surface area contributed by atoms with Crippen molar-refractivity contribution in [1.82, 2.24) is 19.7 Å². The Bertz CT molecular complexity index is 975. The summed E-state index contributed by atoms with van der Waals surface area (Å²) in [7, 11) is 0. The predicted molar refractivity (Wildman–Crippen MR) is 126 cm³/mol. The van der Waals surface area contributed by atoms with Crippen LogP contribution in [0.1, 0.15) is 51.5 Å². The number of likely N-dealkylation sites (tertiary alicyclic amines) is 1. The molecule has 2 aromatic heterocycles. The minimum Gasteiger partial charge on any atom is -0.369 e. The van der Waals surface area contributed by atoms with E-state index in [0.717, 1.165) is 40.5 Å². The van der Waals surface area contributed by atoms with Crippen LogP contribution in [0.4, 0.5) is 0 Å². The first-order valence-electron chi connectivity index (χ1n) is 11.7. The van der Waals surface area contributed by atoms with E-state index >= 15 is 0 Å². The van der Waals surface area contributed by atoms with Crippen LogP contribution >= 0.6 is 23.1 Å². The van der Waals surface area contributed by atoms with Crippen molar-refractivity contribution in [3.63, 3.8) is 0 Å². The Morgan fingerprint density at radius 3 is 2.84 bits per heavy atom. The largest absolute Gasteiger partial charge is 0.369 e. The molecule has 3 heterocycles. The fourth-order valence-corrected chi connectivity index (χ4v) is 7.68. The summed E-state index contributed by atoms with van der Waals surface area (Å²) < 4.78 is 2.29. The van der Waals surface area contributed by atoms with Gasteiger partial charge in [-0.2, -0.15) is 0 Å². The van der Waals surface area contributed by atoms with E-state index in [1.165, 1.54) is 37.4 Å². The zero-order valence-corrected chi connectivity index (χ0v) is 20.1. The lowest BCUT2D eigenvalue weighted by Gasteiger charge is -2.31. The number of hydrogen-bond acceptors (Lipinski definition) is 6. The third-order valence-corrected chi connectivity index (χ3v) is 9.52. The lowest BCUT2D eigenvalue weighted by Crippen LogP contribution is -2.44. The quantitative estimate of drug-likeness (QED) is 0.617. The molecule has 5 unspecified atom stereocenters. The second kappa shape index (κ2) is 9.17. The molecule has 2 N–H and O–H groups in total. The van der Waals surface area contributed by atoms with E-state index in [4.69, 9.17) is 5.73 Å². The monoisotopic (exact) mass is 473 g/mol. The molecular weight excluding hydrogens is 442 g/mol. The van der Waals surface area contributed by atoms with Crippen molar-refractivity contribution in [2.24, 2.45) is 29.4 Å². The van der Waals surface area contributed by atoms with Crippen LogP contribution in [0.5, 0.6) is 0 Å². The number of carbonyl (C=O) groups is 2. The summed E-state index contributed by atoms with van der Waals surface area (Å²) in [5.41, 5.74) is 5.48. The van der Waals surface area contributed by atoms with Crippen LogP contribution in [0, 0.1) is 23.7 Å². The fraction of sp³-hybridized carbons (Fsp3) is 0.652. The lowest BCUT2D eigenvalue weighted by atomic mass is 9.84. The Labute approximate surface area is 197 Å². The second-order valence-corrected chi connectivity index (χ2v) is 11.5.